The molecule has 0 aliphatic carbocycles. The highest BCUT2D eigenvalue weighted by Gasteiger charge is 2.12. The number of rotatable bonds is 4. The van der Waals surface area contributed by atoms with E-state index in [0.717, 1.165) is 0 Å². The molecule has 0 aromatic rings. The molecule has 1 atom stereocenters. The number of carbonyl (C=O) groups is 1. The first-order chi connectivity index (χ1) is 4.76. The summed E-state index contributed by atoms with van der Waals surface area (Å²) in [4.78, 5) is 10.7. The number of nitrogens with one attached hydrogen (secondary N) is 3. The number of hydrogen-bond acceptors (Lipinski definition) is 4. The molecule has 1 amide bonds. The lowest BCUT2D eigenvalue weighted by Gasteiger charge is -2.11. The van der Waals surface area contributed by atoms with Crippen molar-refractivity contribution in [1.29, 1.82) is 0 Å². The molecule has 0 heterocycles. The van der Waals surface area contributed by atoms with Crippen molar-refractivity contribution in [2.75, 3.05) is 20.6 Å². The number of amides is 1. The van der Waals surface area contributed by atoms with Gasteiger partial charge in [0.05, 0.1) is 0 Å². The van der Waals surface area contributed by atoms with E-state index in [1.807, 2.05) is 0 Å². The maximum atomic E-state index is 10.7. The summed E-state index contributed by atoms with van der Waals surface area (Å²) in [6.45, 7) is 0.489. The van der Waals surface area contributed by atoms with Gasteiger partial charge in [-0.15, -0.1) is 0 Å². The van der Waals surface area contributed by atoms with E-state index in [4.69, 9.17) is 5.21 Å². The minimum atomic E-state index is -0.433. The van der Waals surface area contributed by atoms with Gasteiger partial charge in [0, 0.05) is 6.54 Å². The van der Waals surface area contributed by atoms with Crippen LogP contribution >= 0.6 is 0 Å². The fourth-order valence-corrected chi connectivity index (χ4v) is 0.608. The first kappa shape index (κ1) is 9.35. The van der Waals surface area contributed by atoms with Crippen LogP contribution in [-0.2, 0) is 4.79 Å². The molecule has 1 unspecified atom stereocenters. The second-order valence-electron chi connectivity index (χ2n) is 1.87. The molecule has 0 spiro atoms. The van der Waals surface area contributed by atoms with Crippen molar-refractivity contribution in [3.63, 3.8) is 0 Å². The fourth-order valence-electron chi connectivity index (χ4n) is 0.608. The first-order valence-corrected chi connectivity index (χ1v) is 3.02. The molecule has 4 N–H and O–H groups in total. The molecule has 10 heavy (non-hydrogen) atoms. The summed E-state index contributed by atoms with van der Waals surface area (Å²) >= 11 is 0. The van der Waals surface area contributed by atoms with Crippen molar-refractivity contribution in [3.05, 3.63) is 0 Å². The van der Waals surface area contributed by atoms with Crippen LogP contribution in [0.25, 0.3) is 0 Å². The molecule has 60 valence electrons. The van der Waals surface area contributed by atoms with Gasteiger partial charge in [0.25, 0.3) is 5.91 Å². The summed E-state index contributed by atoms with van der Waals surface area (Å²) in [5.74, 6) is -0.433. The molecule has 0 aromatic carbocycles. The number of hydroxylamine groups is 1. The summed E-state index contributed by atoms with van der Waals surface area (Å²) in [5.41, 5.74) is 1.56. The largest absolute Gasteiger partial charge is 0.318 e. The standard InChI is InChI=1S/C5H13N3O2/c1-6-3-4(7-2)5(9)8-10/h4,6-7,10H,3H2,1-2H3,(H,8,9). The van der Waals surface area contributed by atoms with Crippen LogP contribution in [0.3, 0.4) is 0 Å². The second-order valence-corrected chi connectivity index (χ2v) is 1.87. The van der Waals surface area contributed by atoms with Crippen molar-refractivity contribution in [1.82, 2.24) is 16.1 Å². The Kier molecular flexibility index (Phi) is 4.82. The zero-order chi connectivity index (χ0) is 7.98. The summed E-state index contributed by atoms with van der Waals surface area (Å²) in [6.07, 6.45) is 0. The van der Waals surface area contributed by atoms with Crippen molar-refractivity contribution in [2.24, 2.45) is 0 Å². The lowest BCUT2D eigenvalue weighted by molar-refractivity contribution is -0.131. The van der Waals surface area contributed by atoms with Gasteiger partial charge < -0.3 is 10.6 Å². The second kappa shape index (κ2) is 5.16. The molecule has 0 saturated carbocycles. The average molecular weight is 147 g/mol. The molecule has 0 saturated heterocycles. The van der Waals surface area contributed by atoms with Crippen LogP contribution in [0, 0.1) is 0 Å². The Hall–Kier alpha value is -0.650. The Labute approximate surface area is 59.8 Å². The number of carbonyl (C=O) groups excluding carboxylic acids is 1. The normalized spacial score (nSPS) is 12.7. The van der Waals surface area contributed by atoms with E-state index in [1.165, 1.54) is 0 Å². The van der Waals surface area contributed by atoms with E-state index >= 15 is 0 Å². The zero-order valence-electron chi connectivity index (χ0n) is 6.14. The molecule has 0 aliphatic rings. The van der Waals surface area contributed by atoms with Gasteiger partial charge in [0.2, 0.25) is 0 Å². The van der Waals surface area contributed by atoms with Gasteiger partial charge in [-0.2, -0.15) is 0 Å². The Morgan fingerprint density at radius 2 is 2.20 bits per heavy atom. The number of hydrogen-bond donors (Lipinski definition) is 4. The molecule has 0 rings (SSSR count). The van der Waals surface area contributed by atoms with E-state index in [9.17, 15) is 4.79 Å². The van der Waals surface area contributed by atoms with Gasteiger partial charge in [0.15, 0.2) is 0 Å². The predicted molar refractivity (Wildman–Crippen MR) is 36.7 cm³/mol. The van der Waals surface area contributed by atoms with Gasteiger partial charge in [-0.25, -0.2) is 5.48 Å². The minimum absolute atomic E-state index is 0.380. The monoisotopic (exact) mass is 147 g/mol. The highest BCUT2D eigenvalue weighted by atomic mass is 16.5. The minimum Gasteiger partial charge on any atom is -0.318 e. The van der Waals surface area contributed by atoms with Crippen LogP contribution in [0.15, 0.2) is 0 Å². The number of likely N-dealkylation sites (N-methyl/N-ethyl adjacent to an activating group) is 2. The molecule has 0 fully saturated rings. The Morgan fingerprint density at radius 1 is 1.60 bits per heavy atom. The topological polar surface area (TPSA) is 73.4 Å². The lowest BCUT2D eigenvalue weighted by Crippen LogP contribution is -2.46. The van der Waals surface area contributed by atoms with Gasteiger partial charge in [-0.3, -0.25) is 10.0 Å². The van der Waals surface area contributed by atoms with Crippen LogP contribution in [0.4, 0.5) is 0 Å². The summed E-state index contributed by atoms with van der Waals surface area (Å²) in [5, 5.41) is 13.7. The molecular weight excluding hydrogens is 134 g/mol. The third kappa shape index (κ3) is 2.77. The SMILES string of the molecule is CNCC(NC)C(=O)NO. The molecule has 5 heteroatoms. The van der Waals surface area contributed by atoms with Gasteiger partial charge in [-0.1, -0.05) is 0 Å². The first-order valence-electron chi connectivity index (χ1n) is 3.02. The third-order valence-corrected chi connectivity index (χ3v) is 1.18. The maximum Gasteiger partial charge on any atom is 0.261 e. The third-order valence-electron chi connectivity index (χ3n) is 1.18. The van der Waals surface area contributed by atoms with E-state index in [0.29, 0.717) is 6.54 Å². The van der Waals surface area contributed by atoms with Crippen molar-refractivity contribution in [2.45, 2.75) is 6.04 Å². The van der Waals surface area contributed by atoms with Crippen LogP contribution in [0.5, 0.6) is 0 Å². The van der Waals surface area contributed by atoms with Crippen LogP contribution in [0.1, 0.15) is 0 Å². The average Bonchev–Trinajstić information content (AvgIpc) is 1.99. The van der Waals surface area contributed by atoms with Gasteiger partial charge in [0.1, 0.15) is 6.04 Å². The Balaban J connectivity index is 3.68. The Morgan fingerprint density at radius 3 is 2.50 bits per heavy atom. The molecular formula is C5H13N3O2. The van der Waals surface area contributed by atoms with Crippen LogP contribution in [-0.4, -0.2) is 37.8 Å². The van der Waals surface area contributed by atoms with Gasteiger partial charge >= 0.3 is 0 Å². The highest BCUT2D eigenvalue weighted by Crippen LogP contribution is 1.77. The summed E-state index contributed by atoms with van der Waals surface area (Å²) in [7, 11) is 3.38. The highest BCUT2D eigenvalue weighted by molar-refractivity contribution is 5.80. The van der Waals surface area contributed by atoms with Gasteiger partial charge in [-0.05, 0) is 14.1 Å². The predicted octanol–water partition coefficient (Wildman–Crippen LogP) is -1.70. The van der Waals surface area contributed by atoms with E-state index in [1.54, 1.807) is 19.6 Å². The van der Waals surface area contributed by atoms with E-state index < -0.39 is 5.91 Å². The van der Waals surface area contributed by atoms with Crippen molar-refractivity contribution < 1.29 is 10.0 Å². The lowest BCUT2D eigenvalue weighted by atomic mass is 10.3. The van der Waals surface area contributed by atoms with Crippen LogP contribution in [0.2, 0.25) is 0 Å². The summed E-state index contributed by atoms with van der Waals surface area (Å²) < 4.78 is 0. The Bertz CT molecular complexity index is 107. The van der Waals surface area contributed by atoms with Crippen LogP contribution < -0.4 is 16.1 Å². The van der Waals surface area contributed by atoms with E-state index in [-0.39, 0.29) is 6.04 Å². The van der Waals surface area contributed by atoms with Crippen molar-refractivity contribution in [3.8, 4) is 0 Å². The maximum absolute atomic E-state index is 10.7. The fraction of sp³-hybridized carbons (Fsp3) is 0.800. The quantitative estimate of drug-likeness (QED) is 0.282. The zero-order valence-corrected chi connectivity index (χ0v) is 6.14. The smallest absolute Gasteiger partial charge is 0.261 e. The molecule has 0 aromatic heterocycles. The molecule has 0 aliphatic heterocycles. The summed E-state index contributed by atoms with van der Waals surface area (Å²) in [6, 6.07) is -0.380. The molecule has 5 nitrogen and oxygen atoms in total. The van der Waals surface area contributed by atoms with Crippen molar-refractivity contribution >= 4 is 5.91 Å². The molecule has 0 radical (unpaired) electrons. The molecule has 0 bridgehead atoms. The van der Waals surface area contributed by atoms with E-state index in [2.05, 4.69) is 10.6 Å².